The molecule has 1 saturated carbocycles. The Morgan fingerprint density at radius 1 is 1.42 bits per heavy atom. The zero-order valence-electron chi connectivity index (χ0n) is 11.3. The molecule has 1 fully saturated rings. The standard InChI is InChI=1S/C14H19N3O2/c1-17(12-7-8-12)14(15)16-9-10-3-5-11(6-4-10)13(18)19-2/h3-6,12H,7-9H2,1-2H3,(H2,15,16). The summed E-state index contributed by atoms with van der Waals surface area (Å²) in [5.74, 6) is 0.238. The average Bonchev–Trinajstić information content (AvgIpc) is 3.28. The Kier molecular flexibility index (Phi) is 4.04. The van der Waals surface area contributed by atoms with Crippen molar-refractivity contribution in [2.45, 2.75) is 25.4 Å². The second-order valence-electron chi connectivity index (χ2n) is 4.71. The third-order valence-corrected chi connectivity index (χ3v) is 3.25. The van der Waals surface area contributed by atoms with Crippen molar-refractivity contribution >= 4 is 11.9 Å². The highest BCUT2D eigenvalue weighted by molar-refractivity contribution is 5.89. The molecule has 1 aliphatic rings. The van der Waals surface area contributed by atoms with Crippen LogP contribution >= 0.6 is 0 Å². The van der Waals surface area contributed by atoms with Gasteiger partial charge in [-0.15, -0.1) is 0 Å². The number of carbonyl (C=O) groups excluding carboxylic acids is 1. The van der Waals surface area contributed by atoms with Crippen molar-refractivity contribution < 1.29 is 9.53 Å². The van der Waals surface area contributed by atoms with Gasteiger partial charge in [-0.05, 0) is 30.5 Å². The third-order valence-electron chi connectivity index (χ3n) is 3.25. The Morgan fingerprint density at radius 2 is 2.05 bits per heavy atom. The summed E-state index contributed by atoms with van der Waals surface area (Å²) in [5, 5.41) is 0. The molecule has 0 bridgehead atoms. The molecule has 0 unspecified atom stereocenters. The first-order valence-corrected chi connectivity index (χ1v) is 6.32. The molecule has 5 nitrogen and oxygen atoms in total. The Bertz CT molecular complexity index is 478. The number of nitrogens with zero attached hydrogens (tertiary/aromatic N) is 2. The van der Waals surface area contributed by atoms with Crippen LogP contribution in [-0.2, 0) is 11.3 Å². The number of benzene rings is 1. The first-order chi connectivity index (χ1) is 9.11. The Hall–Kier alpha value is -2.04. The minimum atomic E-state index is -0.331. The monoisotopic (exact) mass is 261 g/mol. The lowest BCUT2D eigenvalue weighted by molar-refractivity contribution is 0.0600. The highest BCUT2D eigenvalue weighted by atomic mass is 16.5. The van der Waals surface area contributed by atoms with Crippen molar-refractivity contribution in [2.24, 2.45) is 10.7 Å². The van der Waals surface area contributed by atoms with E-state index in [0.29, 0.717) is 24.1 Å². The van der Waals surface area contributed by atoms with Crippen LogP contribution in [0.4, 0.5) is 0 Å². The molecule has 0 amide bonds. The van der Waals surface area contributed by atoms with E-state index in [1.165, 1.54) is 20.0 Å². The van der Waals surface area contributed by atoms with E-state index in [2.05, 4.69) is 9.73 Å². The van der Waals surface area contributed by atoms with Crippen LogP contribution in [0.15, 0.2) is 29.3 Å². The maximum Gasteiger partial charge on any atom is 0.337 e. The number of carbonyl (C=O) groups is 1. The second kappa shape index (κ2) is 5.73. The molecule has 1 aromatic rings. The van der Waals surface area contributed by atoms with Crippen LogP contribution in [0, 0.1) is 0 Å². The van der Waals surface area contributed by atoms with Gasteiger partial charge in [0.2, 0.25) is 0 Å². The van der Waals surface area contributed by atoms with Crippen molar-refractivity contribution in [1.82, 2.24) is 4.90 Å². The zero-order valence-corrected chi connectivity index (χ0v) is 11.3. The molecule has 0 spiro atoms. The number of rotatable bonds is 4. The summed E-state index contributed by atoms with van der Waals surface area (Å²) in [7, 11) is 3.34. The molecule has 102 valence electrons. The van der Waals surface area contributed by atoms with E-state index in [1.54, 1.807) is 12.1 Å². The van der Waals surface area contributed by atoms with Gasteiger partial charge >= 0.3 is 5.97 Å². The van der Waals surface area contributed by atoms with Gasteiger partial charge in [0.25, 0.3) is 0 Å². The van der Waals surface area contributed by atoms with Crippen LogP contribution in [0.25, 0.3) is 0 Å². The van der Waals surface area contributed by atoms with E-state index < -0.39 is 0 Å². The predicted octanol–water partition coefficient (Wildman–Crippen LogP) is 1.38. The minimum absolute atomic E-state index is 0.331. The molecular formula is C14H19N3O2. The summed E-state index contributed by atoms with van der Waals surface area (Å²) in [6.45, 7) is 0.518. The molecular weight excluding hydrogens is 242 g/mol. The lowest BCUT2D eigenvalue weighted by atomic mass is 10.1. The maximum absolute atomic E-state index is 11.3. The number of hydrogen-bond donors (Lipinski definition) is 1. The molecule has 0 aliphatic heterocycles. The van der Waals surface area contributed by atoms with E-state index in [9.17, 15) is 4.79 Å². The number of aliphatic imine (C=N–C) groups is 1. The molecule has 0 aromatic heterocycles. The highest BCUT2D eigenvalue weighted by Crippen LogP contribution is 2.24. The van der Waals surface area contributed by atoms with Crippen LogP contribution in [-0.4, -0.2) is 37.0 Å². The number of hydrogen-bond acceptors (Lipinski definition) is 3. The van der Waals surface area contributed by atoms with E-state index in [4.69, 9.17) is 5.73 Å². The van der Waals surface area contributed by atoms with Gasteiger partial charge in [0.15, 0.2) is 5.96 Å². The fourth-order valence-corrected chi connectivity index (χ4v) is 1.80. The first-order valence-electron chi connectivity index (χ1n) is 6.32. The summed E-state index contributed by atoms with van der Waals surface area (Å²) < 4.78 is 4.65. The number of nitrogens with two attached hydrogens (primary N) is 1. The minimum Gasteiger partial charge on any atom is -0.465 e. The normalized spacial score (nSPS) is 15.2. The van der Waals surface area contributed by atoms with Crippen molar-refractivity contribution in [3.8, 4) is 0 Å². The van der Waals surface area contributed by atoms with Gasteiger partial charge < -0.3 is 15.4 Å². The van der Waals surface area contributed by atoms with Gasteiger partial charge in [-0.25, -0.2) is 9.79 Å². The van der Waals surface area contributed by atoms with Crippen molar-refractivity contribution in [3.63, 3.8) is 0 Å². The number of guanidine groups is 1. The topological polar surface area (TPSA) is 67.9 Å². The molecule has 0 heterocycles. The summed E-state index contributed by atoms with van der Waals surface area (Å²) in [5.41, 5.74) is 7.46. The van der Waals surface area contributed by atoms with Gasteiger partial charge in [-0.2, -0.15) is 0 Å². The largest absolute Gasteiger partial charge is 0.465 e. The smallest absolute Gasteiger partial charge is 0.337 e. The van der Waals surface area contributed by atoms with E-state index in [-0.39, 0.29) is 5.97 Å². The molecule has 19 heavy (non-hydrogen) atoms. The maximum atomic E-state index is 11.3. The van der Waals surface area contributed by atoms with Crippen LogP contribution in [0.5, 0.6) is 0 Å². The SMILES string of the molecule is COC(=O)c1ccc(CN=C(N)N(C)C2CC2)cc1. The second-order valence-corrected chi connectivity index (χ2v) is 4.71. The molecule has 2 rings (SSSR count). The first kappa shape index (κ1) is 13.4. The van der Waals surface area contributed by atoms with Crippen LogP contribution in [0.2, 0.25) is 0 Å². The van der Waals surface area contributed by atoms with E-state index in [1.807, 2.05) is 24.1 Å². The predicted molar refractivity (Wildman–Crippen MR) is 73.9 cm³/mol. The lowest BCUT2D eigenvalue weighted by Crippen LogP contribution is -2.35. The zero-order chi connectivity index (χ0) is 13.8. The Balaban J connectivity index is 1.95. The highest BCUT2D eigenvalue weighted by Gasteiger charge is 2.27. The van der Waals surface area contributed by atoms with E-state index >= 15 is 0 Å². The van der Waals surface area contributed by atoms with Gasteiger partial charge in [0, 0.05) is 13.1 Å². The molecule has 0 radical (unpaired) electrons. The van der Waals surface area contributed by atoms with Gasteiger partial charge in [-0.3, -0.25) is 0 Å². The average molecular weight is 261 g/mol. The number of ether oxygens (including phenoxy) is 1. The Morgan fingerprint density at radius 3 is 2.58 bits per heavy atom. The molecule has 0 atom stereocenters. The van der Waals surface area contributed by atoms with Crippen molar-refractivity contribution in [2.75, 3.05) is 14.2 Å². The fraction of sp³-hybridized carbons (Fsp3) is 0.429. The molecule has 1 aliphatic carbocycles. The van der Waals surface area contributed by atoms with Gasteiger partial charge in [-0.1, -0.05) is 12.1 Å². The summed E-state index contributed by atoms with van der Waals surface area (Å²) >= 11 is 0. The molecule has 1 aromatic carbocycles. The van der Waals surface area contributed by atoms with Crippen molar-refractivity contribution in [3.05, 3.63) is 35.4 Å². The van der Waals surface area contributed by atoms with Crippen LogP contribution < -0.4 is 5.73 Å². The van der Waals surface area contributed by atoms with Crippen LogP contribution in [0.1, 0.15) is 28.8 Å². The number of esters is 1. The lowest BCUT2D eigenvalue weighted by Gasteiger charge is -2.16. The van der Waals surface area contributed by atoms with Crippen LogP contribution in [0.3, 0.4) is 0 Å². The quantitative estimate of drug-likeness (QED) is 0.505. The summed E-state index contributed by atoms with van der Waals surface area (Å²) in [6.07, 6.45) is 2.39. The van der Waals surface area contributed by atoms with Gasteiger partial charge in [0.05, 0.1) is 19.2 Å². The molecule has 2 N–H and O–H groups in total. The summed E-state index contributed by atoms with van der Waals surface area (Å²) in [6, 6.07) is 7.75. The molecule has 0 saturated heterocycles. The number of methoxy groups -OCH3 is 1. The fourth-order valence-electron chi connectivity index (χ4n) is 1.80. The molecule has 5 heteroatoms. The van der Waals surface area contributed by atoms with E-state index in [0.717, 1.165) is 5.56 Å². The summed E-state index contributed by atoms with van der Waals surface area (Å²) in [4.78, 5) is 17.7. The third kappa shape index (κ3) is 3.47. The Labute approximate surface area is 113 Å². The van der Waals surface area contributed by atoms with Crippen molar-refractivity contribution in [1.29, 1.82) is 0 Å². The van der Waals surface area contributed by atoms with Gasteiger partial charge in [0.1, 0.15) is 0 Å².